The summed E-state index contributed by atoms with van der Waals surface area (Å²) in [6.07, 6.45) is -2.20. The number of urea groups is 1. The number of amides is 5. The molecular weight excluding hydrogens is 622 g/mol. The Bertz CT molecular complexity index is 1280. The number of carbonyl (C=O) groups excluding carboxylic acids is 4. The number of hydrogen-bond donors (Lipinski definition) is 6. The van der Waals surface area contributed by atoms with Gasteiger partial charge < -0.3 is 41.6 Å². The van der Waals surface area contributed by atoms with Crippen LogP contribution in [0, 0.1) is 0 Å². The summed E-state index contributed by atoms with van der Waals surface area (Å²) >= 11 is 8.94. The highest BCUT2D eigenvalue weighted by Gasteiger charge is 2.38. The van der Waals surface area contributed by atoms with Crippen molar-refractivity contribution < 1.29 is 33.8 Å². The number of aliphatic hydroxyl groups excluding tert-OH is 1. The first-order chi connectivity index (χ1) is 19.6. The number of ether oxygens (including phenoxy) is 2. The number of halogens is 2. The maximum Gasteiger partial charge on any atom is 0.407 e. The van der Waals surface area contributed by atoms with Crippen LogP contribution >= 0.6 is 27.5 Å². The van der Waals surface area contributed by atoms with Crippen LogP contribution in [0.25, 0.3) is 0 Å². The number of carbonyl (C=O) groups is 4. The Labute approximate surface area is 250 Å². The zero-order chi connectivity index (χ0) is 29.9. The monoisotopic (exact) mass is 651 g/mol. The molecule has 0 aromatic heterocycles. The van der Waals surface area contributed by atoms with Crippen LogP contribution in [0.1, 0.15) is 12.0 Å². The fourth-order valence-corrected chi connectivity index (χ4v) is 4.51. The molecule has 3 rings (SSSR count). The first-order valence-electron chi connectivity index (χ1n) is 12.6. The Morgan fingerprint density at radius 3 is 2.49 bits per heavy atom. The average molecular weight is 653 g/mol. The second-order valence-corrected chi connectivity index (χ2v) is 10.3. The summed E-state index contributed by atoms with van der Waals surface area (Å²) in [5.74, 6) is -0.677. The molecule has 41 heavy (non-hydrogen) atoms. The summed E-state index contributed by atoms with van der Waals surface area (Å²) in [5, 5.41) is 21.2. The van der Waals surface area contributed by atoms with E-state index >= 15 is 0 Å². The van der Waals surface area contributed by atoms with E-state index in [0.29, 0.717) is 15.9 Å². The van der Waals surface area contributed by atoms with Crippen molar-refractivity contribution in [1.82, 2.24) is 16.0 Å². The van der Waals surface area contributed by atoms with Crippen molar-refractivity contribution in [2.45, 2.75) is 37.1 Å². The van der Waals surface area contributed by atoms with Gasteiger partial charge in [0.2, 0.25) is 11.8 Å². The molecule has 2 aromatic rings. The van der Waals surface area contributed by atoms with Gasteiger partial charge in [-0.1, -0.05) is 30.3 Å². The fourth-order valence-electron chi connectivity index (χ4n) is 4.03. The van der Waals surface area contributed by atoms with E-state index in [4.69, 9.17) is 26.8 Å². The zero-order valence-electron chi connectivity index (χ0n) is 22.1. The van der Waals surface area contributed by atoms with Crippen molar-refractivity contribution in [3.63, 3.8) is 0 Å². The van der Waals surface area contributed by atoms with Gasteiger partial charge in [-0.25, -0.2) is 9.59 Å². The van der Waals surface area contributed by atoms with E-state index in [1.165, 1.54) is 13.2 Å². The molecule has 0 saturated heterocycles. The predicted octanol–water partition coefficient (Wildman–Crippen LogP) is 2.19. The molecule has 220 valence electrons. The first-order valence-corrected chi connectivity index (χ1v) is 13.9. The lowest BCUT2D eigenvalue weighted by Gasteiger charge is -2.33. The normalized spacial score (nSPS) is 18.7. The Morgan fingerprint density at radius 2 is 1.85 bits per heavy atom. The molecule has 0 aliphatic heterocycles. The van der Waals surface area contributed by atoms with E-state index < -0.39 is 48.2 Å². The van der Waals surface area contributed by atoms with Gasteiger partial charge in [0.25, 0.3) is 0 Å². The molecule has 4 atom stereocenters. The maximum absolute atomic E-state index is 13.3. The number of alkyl carbamates (subject to hydrolysis) is 1. The van der Waals surface area contributed by atoms with E-state index in [0.717, 1.165) is 5.56 Å². The SMILES string of the molecule is COc1ccc(C[C@H](NC(=O)C2=C[C@@H](NC(=O)Nc3ccccc3Br)[C@@H](O)[C@H](OC(=O)NCCCl)C2)C(N)=O)cc1. The molecule has 1 aliphatic carbocycles. The third-order valence-corrected chi connectivity index (χ3v) is 7.01. The Kier molecular flexibility index (Phi) is 11.8. The molecular formula is C27H31BrClN5O7. The van der Waals surface area contributed by atoms with Crippen LogP contribution in [-0.2, 0) is 20.7 Å². The summed E-state index contributed by atoms with van der Waals surface area (Å²) in [6, 6.07) is 10.9. The van der Waals surface area contributed by atoms with Gasteiger partial charge in [0, 0.05) is 35.3 Å². The highest BCUT2D eigenvalue weighted by atomic mass is 79.9. The largest absolute Gasteiger partial charge is 0.497 e. The molecule has 0 fully saturated rings. The highest BCUT2D eigenvalue weighted by molar-refractivity contribution is 9.10. The van der Waals surface area contributed by atoms with Crippen LogP contribution in [0.4, 0.5) is 15.3 Å². The lowest BCUT2D eigenvalue weighted by Crippen LogP contribution is -2.54. The van der Waals surface area contributed by atoms with Gasteiger partial charge in [-0.3, -0.25) is 9.59 Å². The van der Waals surface area contributed by atoms with Crippen LogP contribution in [-0.4, -0.2) is 72.9 Å². The number of nitrogens with one attached hydrogen (secondary N) is 4. The van der Waals surface area contributed by atoms with Gasteiger partial charge in [-0.05, 0) is 45.8 Å². The minimum Gasteiger partial charge on any atom is -0.497 e. The molecule has 0 saturated carbocycles. The third kappa shape index (κ3) is 9.37. The van der Waals surface area contributed by atoms with Crippen LogP contribution in [0.15, 0.2) is 64.7 Å². The lowest BCUT2D eigenvalue weighted by atomic mass is 9.89. The summed E-state index contributed by atoms with van der Waals surface area (Å²) in [6.45, 7) is 0.119. The van der Waals surface area contributed by atoms with Gasteiger partial charge in [0.15, 0.2) is 0 Å². The van der Waals surface area contributed by atoms with Gasteiger partial charge in [0.05, 0.1) is 18.8 Å². The Balaban J connectivity index is 1.79. The van der Waals surface area contributed by atoms with Gasteiger partial charge in [-0.15, -0.1) is 11.6 Å². The molecule has 7 N–H and O–H groups in total. The van der Waals surface area contributed by atoms with Crippen LogP contribution in [0.5, 0.6) is 5.75 Å². The summed E-state index contributed by atoms with van der Waals surface area (Å²) in [4.78, 5) is 50.4. The van der Waals surface area contributed by atoms with Gasteiger partial charge >= 0.3 is 12.1 Å². The minimum absolute atomic E-state index is 0.0672. The number of alkyl halides is 1. The minimum atomic E-state index is -1.40. The quantitative estimate of drug-likeness (QED) is 0.201. The number of anilines is 1. The summed E-state index contributed by atoms with van der Waals surface area (Å²) in [7, 11) is 1.53. The van der Waals surface area contributed by atoms with Gasteiger partial charge in [0.1, 0.15) is 24.0 Å². The molecule has 0 radical (unpaired) electrons. The number of para-hydroxylation sites is 1. The van der Waals surface area contributed by atoms with Crippen molar-refractivity contribution in [3.05, 3.63) is 70.2 Å². The second-order valence-electron chi connectivity index (χ2n) is 9.03. The highest BCUT2D eigenvalue weighted by Crippen LogP contribution is 2.25. The number of nitrogens with two attached hydrogens (primary N) is 1. The van der Waals surface area contributed by atoms with Crippen molar-refractivity contribution in [2.75, 3.05) is 24.9 Å². The molecule has 0 bridgehead atoms. The lowest BCUT2D eigenvalue weighted by molar-refractivity contribution is -0.125. The number of methoxy groups -OCH3 is 1. The van der Waals surface area contributed by atoms with Crippen LogP contribution in [0.3, 0.4) is 0 Å². The summed E-state index contributed by atoms with van der Waals surface area (Å²) < 4.78 is 11.1. The summed E-state index contributed by atoms with van der Waals surface area (Å²) in [5.41, 5.74) is 6.82. The van der Waals surface area contributed by atoms with Gasteiger partial charge in [-0.2, -0.15) is 0 Å². The first kappa shape index (κ1) is 31.7. The molecule has 0 spiro atoms. The van der Waals surface area contributed by atoms with Crippen molar-refractivity contribution >= 4 is 57.2 Å². The number of primary amides is 1. The molecule has 2 aromatic carbocycles. The molecule has 1 aliphatic rings. The zero-order valence-corrected chi connectivity index (χ0v) is 24.4. The number of hydrogen-bond acceptors (Lipinski definition) is 7. The van der Waals surface area contributed by atoms with Crippen LogP contribution in [0.2, 0.25) is 0 Å². The molecule has 12 nitrogen and oxygen atoms in total. The molecule has 5 amide bonds. The smallest absolute Gasteiger partial charge is 0.407 e. The van der Waals surface area contributed by atoms with E-state index in [2.05, 4.69) is 37.2 Å². The van der Waals surface area contributed by atoms with Crippen molar-refractivity contribution in [1.29, 1.82) is 0 Å². The van der Waals surface area contributed by atoms with E-state index in [1.54, 1.807) is 48.5 Å². The molecule has 0 heterocycles. The number of benzene rings is 2. The second kappa shape index (κ2) is 15.3. The Hall–Kier alpha value is -3.81. The topological polar surface area (TPSA) is 181 Å². The fraction of sp³-hybridized carbons (Fsp3) is 0.333. The van der Waals surface area contributed by atoms with Crippen molar-refractivity contribution in [3.8, 4) is 5.75 Å². The molecule has 0 unspecified atom stereocenters. The molecule has 14 heteroatoms. The number of rotatable bonds is 11. The standard InChI is InChI=1S/C27H31BrClN5O7/c1-40-17-8-6-15(7-9-17)12-21(24(30)36)32-25(37)16-13-20(23(35)22(14-16)41-27(39)31-11-10-29)34-26(38)33-19-5-3-2-4-18(19)28/h2-9,13,20-23,35H,10-12,14H2,1H3,(H2,30,36)(H,31,39)(H,32,37)(H2,33,34,38)/t20-,21+,22-,23-/m1/s1. The van der Waals surface area contributed by atoms with E-state index in [1.807, 2.05) is 0 Å². The average Bonchev–Trinajstić information content (AvgIpc) is 2.95. The third-order valence-electron chi connectivity index (χ3n) is 6.13. The number of aliphatic hydroxyl groups is 1. The van der Waals surface area contributed by atoms with Crippen LogP contribution < -0.4 is 31.7 Å². The van der Waals surface area contributed by atoms with E-state index in [-0.39, 0.29) is 30.8 Å². The predicted molar refractivity (Wildman–Crippen MR) is 156 cm³/mol. The maximum atomic E-state index is 13.3. The van der Waals surface area contributed by atoms with Crippen molar-refractivity contribution in [2.24, 2.45) is 5.73 Å². The Morgan fingerprint density at radius 1 is 1.15 bits per heavy atom. The van der Waals surface area contributed by atoms with E-state index in [9.17, 15) is 24.3 Å².